The van der Waals surface area contributed by atoms with Crippen molar-refractivity contribution in [2.45, 2.75) is 70.2 Å². The molecule has 0 aliphatic carbocycles. The second kappa shape index (κ2) is 8.70. The van der Waals surface area contributed by atoms with Gasteiger partial charge in [-0.2, -0.15) is 0 Å². The minimum atomic E-state index is -0.890. The van der Waals surface area contributed by atoms with Crippen molar-refractivity contribution in [1.82, 2.24) is 15.2 Å². The van der Waals surface area contributed by atoms with Crippen LogP contribution in [0.1, 0.15) is 68.0 Å². The average Bonchev–Trinajstić information content (AvgIpc) is 2.94. The average molecular weight is 360 g/mol. The number of nitrogens with one attached hydrogen (secondary N) is 1. The van der Waals surface area contributed by atoms with Crippen LogP contribution in [0.25, 0.3) is 0 Å². The molecule has 4 N–H and O–H groups in total. The van der Waals surface area contributed by atoms with Gasteiger partial charge in [0.2, 0.25) is 11.8 Å². The first-order valence-corrected chi connectivity index (χ1v) is 9.55. The number of aromatic nitrogens is 1. The molecule has 7 heteroatoms. The van der Waals surface area contributed by atoms with Crippen LogP contribution < -0.4 is 11.1 Å². The van der Waals surface area contributed by atoms with Crippen molar-refractivity contribution in [3.05, 3.63) is 29.1 Å². The van der Waals surface area contributed by atoms with Gasteiger partial charge in [0.25, 0.3) is 0 Å². The summed E-state index contributed by atoms with van der Waals surface area (Å²) in [6.45, 7) is 1.25. The van der Waals surface area contributed by atoms with E-state index in [9.17, 15) is 14.7 Å². The van der Waals surface area contributed by atoms with Gasteiger partial charge in [-0.05, 0) is 43.4 Å². The van der Waals surface area contributed by atoms with Crippen molar-refractivity contribution in [3.8, 4) is 0 Å². The number of hydrogen-bond donors (Lipinski definition) is 3. The lowest BCUT2D eigenvalue weighted by molar-refractivity contribution is -0.141. The fourth-order valence-corrected chi connectivity index (χ4v) is 3.79. The SMILES string of the molecule is NCCCCCCCc1cnc2c(c1)CN(C1CCC(=O)NC1=O)C2O. The predicted molar refractivity (Wildman–Crippen MR) is 96.8 cm³/mol. The molecule has 3 rings (SSSR count). The number of carbonyl (C=O) groups excluding carboxylic acids is 2. The van der Waals surface area contributed by atoms with Gasteiger partial charge in [-0.1, -0.05) is 25.3 Å². The smallest absolute Gasteiger partial charge is 0.244 e. The molecular weight excluding hydrogens is 332 g/mol. The van der Waals surface area contributed by atoms with E-state index in [0.717, 1.165) is 31.4 Å². The molecule has 26 heavy (non-hydrogen) atoms. The van der Waals surface area contributed by atoms with Crippen LogP contribution in [0.5, 0.6) is 0 Å². The predicted octanol–water partition coefficient (Wildman–Crippen LogP) is 1.15. The van der Waals surface area contributed by atoms with Crippen LogP contribution in [0.15, 0.2) is 12.3 Å². The topological polar surface area (TPSA) is 109 Å². The molecule has 2 atom stereocenters. The number of hydrogen-bond acceptors (Lipinski definition) is 6. The van der Waals surface area contributed by atoms with Crippen molar-refractivity contribution in [2.75, 3.05) is 6.54 Å². The molecule has 0 radical (unpaired) electrons. The van der Waals surface area contributed by atoms with Crippen LogP contribution in [0.3, 0.4) is 0 Å². The molecule has 2 aliphatic heterocycles. The number of piperidine rings is 1. The third kappa shape index (κ3) is 4.28. The van der Waals surface area contributed by atoms with Gasteiger partial charge in [0.05, 0.1) is 11.7 Å². The maximum absolute atomic E-state index is 12.1. The molecule has 2 amide bonds. The third-order valence-electron chi connectivity index (χ3n) is 5.25. The molecule has 2 aliphatic rings. The fraction of sp³-hybridized carbons (Fsp3) is 0.632. The number of rotatable bonds is 8. The Morgan fingerprint density at radius 3 is 2.77 bits per heavy atom. The number of nitrogens with two attached hydrogens (primary N) is 1. The summed E-state index contributed by atoms with van der Waals surface area (Å²) in [4.78, 5) is 29.6. The van der Waals surface area contributed by atoms with E-state index in [0.29, 0.717) is 25.1 Å². The van der Waals surface area contributed by atoms with Crippen molar-refractivity contribution >= 4 is 11.8 Å². The summed E-state index contributed by atoms with van der Waals surface area (Å²) < 4.78 is 0. The van der Waals surface area contributed by atoms with Gasteiger partial charge >= 0.3 is 0 Å². The van der Waals surface area contributed by atoms with Crippen molar-refractivity contribution < 1.29 is 14.7 Å². The lowest BCUT2D eigenvalue weighted by Crippen LogP contribution is -2.51. The molecule has 1 fully saturated rings. The molecule has 142 valence electrons. The summed E-state index contributed by atoms with van der Waals surface area (Å²) in [5.74, 6) is -0.574. The van der Waals surface area contributed by atoms with Gasteiger partial charge in [-0.25, -0.2) is 0 Å². The Kier molecular flexibility index (Phi) is 6.34. The first-order chi connectivity index (χ1) is 12.6. The standard InChI is InChI=1S/C19H28N4O3/c20-9-5-3-1-2-4-6-13-10-14-12-23(19(26)17(14)21-11-13)15-7-8-16(24)22-18(15)25/h10-11,15,19,26H,1-9,12,20H2,(H,22,24,25). The summed E-state index contributed by atoms with van der Waals surface area (Å²) in [5.41, 5.74) is 8.27. The molecule has 7 nitrogen and oxygen atoms in total. The molecule has 1 aromatic rings. The molecule has 0 aromatic carbocycles. The van der Waals surface area contributed by atoms with Gasteiger partial charge in [0.15, 0.2) is 6.23 Å². The lowest BCUT2D eigenvalue weighted by Gasteiger charge is -2.31. The normalized spacial score (nSPS) is 23.2. The maximum Gasteiger partial charge on any atom is 0.244 e. The number of aryl methyl sites for hydroxylation is 1. The first-order valence-electron chi connectivity index (χ1n) is 9.55. The number of nitrogens with zero attached hydrogens (tertiary/aromatic N) is 2. The van der Waals surface area contributed by atoms with Crippen molar-refractivity contribution in [2.24, 2.45) is 5.73 Å². The van der Waals surface area contributed by atoms with Gasteiger partial charge < -0.3 is 10.8 Å². The first kappa shape index (κ1) is 18.9. The number of aliphatic hydroxyl groups is 1. The number of pyridine rings is 1. The summed E-state index contributed by atoms with van der Waals surface area (Å²) in [6.07, 6.45) is 8.43. The quantitative estimate of drug-likeness (QED) is 0.474. The highest BCUT2D eigenvalue weighted by molar-refractivity contribution is 6.00. The minimum absolute atomic E-state index is 0.246. The van der Waals surface area contributed by atoms with Crippen LogP contribution in [-0.4, -0.2) is 39.4 Å². The fourth-order valence-electron chi connectivity index (χ4n) is 3.79. The Bertz CT molecular complexity index is 664. The monoisotopic (exact) mass is 360 g/mol. The summed E-state index contributed by atoms with van der Waals surface area (Å²) >= 11 is 0. The number of carbonyl (C=O) groups is 2. The van der Waals surface area contributed by atoms with E-state index in [-0.39, 0.29) is 11.8 Å². The Hall–Kier alpha value is -1.83. The van der Waals surface area contributed by atoms with E-state index in [1.807, 2.05) is 6.20 Å². The zero-order valence-electron chi connectivity index (χ0n) is 15.1. The molecule has 3 heterocycles. The van der Waals surface area contributed by atoms with Crippen LogP contribution >= 0.6 is 0 Å². The van der Waals surface area contributed by atoms with E-state index in [2.05, 4.69) is 16.4 Å². The Balaban J connectivity index is 1.57. The lowest BCUT2D eigenvalue weighted by atomic mass is 10.0. The maximum atomic E-state index is 12.1. The Labute approximate surface area is 154 Å². The summed E-state index contributed by atoms with van der Waals surface area (Å²) in [7, 11) is 0. The van der Waals surface area contributed by atoms with Gasteiger partial charge in [0.1, 0.15) is 0 Å². The summed E-state index contributed by atoms with van der Waals surface area (Å²) in [5, 5.41) is 12.9. The highest BCUT2D eigenvalue weighted by Crippen LogP contribution is 2.34. The number of amides is 2. The molecule has 0 bridgehead atoms. The van der Waals surface area contributed by atoms with E-state index in [1.54, 1.807) is 4.90 Å². The van der Waals surface area contributed by atoms with Crippen LogP contribution in [0, 0.1) is 0 Å². The van der Waals surface area contributed by atoms with Crippen LogP contribution in [0.4, 0.5) is 0 Å². The minimum Gasteiger partial charge on any atom is -0.372 e. The molecular formula is C19H28N4O3. The van der Waals surface area contributed by atoms with E-state index < -0.39 is 12.3 Å². The third-order valence-corrected chi connectivity index (χ3v) is 5.25. The summed E-state index contributed by atoms with van der Waals surface area (Å²) in [6, 6.07) is 1.61. The highest BCUT2D eigenvalue weighted by Gasteiger charge is 2.40. The van der Waals surface area contributed by atoms with E-state index in [1.165, 1.54) is 24.8 Å². The van der Waals surface area contributed by atoms with E-state index in [4.69, 9.17) is 5.73 Å². The van der Waals surface area contributed by atoms with Crippen LogP contribution in [-0.2, 0) is 22.6 Å². The zero-order valence-corrected chi connectivity index (χ0v) is 15.1. The number of fused-ring (bicyclic) bond motifs is 1. The number of aliphatic hydroxyl groups excluding tert-OH is 1. The second-order valence-electron chi connectivity index (χ2n) is 7.21. The van der Waals surface area contributed by atoms with Crippen molar-refractivity contribution in [3.63, 3.8) is 0 Å². The number of imide groups is 1. The van der Waals surface area contributed by atoms with Gasteiger partial charge in [0, 0.05) is 19.2 Å². The Morgan fingerprint density at radius 2 is 2.00 bits per heavy atom. The second-order valence-corrected chi connectivity index (χ2v) is 7.21. The van der Waals surface area contributed by atoms with Gasteiger partial charge in [-0.3, -0.25) is 24.8 Å². The molecule has 2 unspecified atom stereocenters. The van der Waals surface area contributed by atoms with E-state index >= 15 is 0 Å². The molecule has 1 aromatic heterocycles. The Morgan fingerprint density at radius 1 is 1.23 bits per heavy atom. The van der Waals surface area contributed by atoms with Crippen molar-refractivity contribution in [1.29, 1.82) is 0 Å². The zero-order chi connectivity index (χ0) is 18.5. The molecule has 0 spiro atoms. The molecule has 0 saturated carbocycles. The van der Waals surface area contributed by atoms with Gasteiger partial charge in [-0.15, -0.1) is 0 Å². The number of unbranched alkanes of at least 4 members (excludes halogenated alkanes) is 4. The molecule has 1 saturated heterocycles. The highest BCUT2D eigenvalue weighted by atomic mass is 16.3. The van der Waals surface area contributed by atoms with Crippen LogP contribution in [0.2, 0.25) is 0 Å². The largest absolute Gasteiger partial charge is 0.372 e.